The van der Waals surface area contributed by atoms with E-state index in [9.17, 15) is 9.59 Å². The second kappa shape index (κ2) is 7.27. The van der Waals surface area contributed by atoms with Crippen molar-refractivity contribution in [1.82, 2.24) is 5.32 Å². The van der Waals surface area contributed by atoms with Crippen molar-refractivity contribution in [2.45, 2.75) is 51.0 Å². The van der Waals surface area contributed by atoms with Gasteiger partial charge in [0.25, 0.3) is 0 Å². The van der Waals surface area contributed by atoms with Crippen LogP contribution in [0.4, 0.5) is 0 Å². The van der Waals surface area contributed by atoms with E-state index in [-0.39, 0.29) is 18.9 Å². The highest BCUT2D eigenvalue weighted by Crippen LogP contribution is 2.28. The quantitative estimate of drug-likeness (QED) is 0.620. The predicted octanol–water partition coefficient (Wildman–Crippen LogP) is 0.909. The maximum absolute atomic E-state index is 11.5. The first-order valence-corrected chi connectivity index (χ1v) is 6.26. The molecule has 0 aromatic carbocycles. The number of amides is 1. The number of carbonyl (C=O) groups excluding carboxylic acids is 1. The van der Waals surface area contributed by atoms with Gasteiger partial charge in [0.1, 0.15) is 6.04 Å². The number of hydrogen-bond acceptors (Lipinski definition) is 3. The van der Waals surface area contributed by atoms with E-state index in [4.69, 9.17) is 10.2 Å². The minimum absolute atomic E-state index is 0.0600. The van der Waals surface area contributed by atoms with Gasteiger partial charge in [-0.2, -0.15) is 0 Å². The molecule has 1 atom stereocenters. The fourth-order valence-corrected chi connectivity index (χ4v) is 2.29. The molecule has 5 nitrogen and oxygen atoms in total. The Morgan fingerprint density at radius 2 is 1.94 bits per heavy atom. The predicted molar refractivity (Wildman–Crippen MR) is 62.5 cm³/mol. The van der Waals surface area contributed by atoms with Crippen molar-refractivity contribution >= 4 is 11.9 Å². The lowest BCUT2D eigenvalue weighted by molar-refractivity contribution is -0.142. The highest BCUT2D eigenvalue weighted by molar-refractivity contribution is 5.83. The summed E-state index contributed by atoms with van der Waals surface area (Å²) in [4.78, 5) is 22.3. The molecule has 0 heterocycles. The standard InChI is InChI=1S/C12H21NO4/c14-8-7-10(12(16)17)13-11(15)6-5-9-3-1-2-4-9/h9-10,14H,1-8H2,(H,13,15)(H,16,17)/t10-/m0/s1. The van der Waals surface area contributed by atoms with Crippen LogP contribution in [0.3, 0.4) is 0 Å². The van der Waals surface area contributed by atoms with Gasteiger partial charge in [-0.1, -0.05) is 25.7 Å². The van der Waals surface area contributed by atoms with Gasteiger partial charge in [0.05, 0.1) is 0 Å². The molecule has 0 aliphatic heterocycles. The van der Waals surface area contributed by atoms with Gasteiger partial charge in [0, 0.05) is 19.4 Å². The zero-order chi connectivity index (χ0) is 12.7. The van der Waals surface area contributed by atoms with Crippen molar-refractivity contribution in [3.8, 4) is 0 Å². The number of rotatable bonds is 7. The van der Waals surface area contributed by atoms with Crippen molar-refractivity contribution in [1.29, 1.82) is 0 Å². The van der Waals surface area contributed by atoms with Crippen LogP contribution in [0.25, 0.3) is 0 Å². The number of aliphatic hydroxyl groups excluding tert-OH is 1. The van der Waals surface area contributed by atoms with E-state index in [1.54, 1.807) is 0 Å². The number of hydrogen-bond donors (Lipinski definition) is 3. The molecule has 5 heteroatoms. The second-order valence-electron chi connectivity index (χ2n) is 4.66. The molecule has 3 N–H and O–H groups in total. The Morgan fingerprint density at radius 1 is 1.29 bits per heavy atom. The number of nitrogens with one attached hydrogen (secondary N) is 1. The highest BCUT2D eigenvalue weighted by atomic mass is 16.4. The fraction of sp³-hybridized carbons (Fsp3) is 0.833. The van der Waals surface area contributed by atoms with E-state index in [0.717, 1.165) is 6.42 Å². The van der Waals surface area contributed by atoms with Gasteiger partial charge in [-0.3, -0.25) is 4.79 Å². The lowest BCUT2D eigenvalue weighted by atomic mass is 10.0. The van der Waals surface area contributed by atoms with E-state index in [1.165, 1.54) is 25.7 Å². The lowest BCUT2D eigenvalue weighted by Crippen LogP contribution is -2.41. The molecule has 0 aromatic heterocycles. The van der Waals surface area contributed by atoms with Crippen molar-refractivity contribution in [3.63, 3.8) is 0 Å². The van der Waals surface area contributed by atoms with Crippen LogP contribution in [0, 0.1) is 5.92 Å². The molecule has 98 valence electrons. The average molecular weight is 243 g/mol. The number of carboxylic acids is 1. The summed E-state index contributed by atoms with van der Waals surface area (Å²) in [5.74, 6) is -0.687. The van der Waals surface area contributed by atoms with E-state index in [0.29, 0.717) is 12.3 Å². The smallest absolute Gasteiger partial charge is 0.326 e. The van der Waals surface area contributed by atoms with Crippen LogP contribution in [0.5, 0.6) is 0 Å². The van der Waals surface area contributed by atoms with Gasteiger partial charge in [-0.15, -0.1) is 0 Å². The average Bonchev–Trinajstić information content (AvgIpc) is 2.78. The highest BCUT2D eigenvalue weighted by Gasteiger charge is 2.20. The molecule has 0 unspecified atom stereocenters. The van der Waals surface area contributed by atoms with Crippen molar-refractivity contribution < 1.29 is 19.8 Å². The Bertz CT molecular complexity index is 261. The summed E-state index contributed by atoms with van der Waals surface area (Å²) in [5.41, 5.74) is 0. The van der Waals surface area contributed by atoms with Gasteiger partial charge < -0.3 is 15.5 Å². The Morgan fingerprint density at radius 3 is 2.47 bits per heavy atom. The van der Waals surface area contributed by atoms with E-state index in [1.807, 2.05) is 0 Å². The van der Waals surface area contributed by atoms with E-state index < -0.39 is 12.0 Å². The van der Waals surface area contributed by atoms with Crippen LogP contribution >= 0.6 is 0 Å². The van der Waals surface area contributed by atoms with Crippen LogP contribution in [0.2, 0.25) is 0 Å². The van der Waals surface area contributed by atoms with E-state index in [2.05, 4.69) is 5.32 Å². The maximum atomic E-state index is 11.5. The number of aliphatic hydroxyl groups is 1. The largest absolute Gasteiger partial charge is 0.480 e. The molecule has 0 bridgehead atoms. The molecule has 1 saturated carbocycles. The van der Waals surface area contributed by atoms with Crippen LogP contribution in [-0.4, -0.2) is 34.7 Å². The Kier molecular flexibility index (Phi) is 5.97. The lowest BCUT2D eigenvalue weighted by Gasteiger charge is -2.14. The molecule has 0 saturated heterocycles. The molecule has 1 rings (SSSR count). The third-order valence-corrected chi connectivity index (χ3v) is 3.31. The molecule has 1 aliphatic rings. The van der Waals surface area contributed by atoms with Crippen LogP contribution in [0.15, 0.2) is 0 Å². The summed E-state index contributed by atoms with van der Waals surface area (Å²) in [5, 5.41) is 19.9. The van der Waals surface area contributed by atoms with Gasteiger partial charge in [0.15, 0.2) is 0 Å². The Hall–Kier alpha value is -1.10. The normalized spacial score (nSPS) is 17.9. The Labute approximate surface area is 101 Å². The van der Waals surface area contributed by atoms with Crippen LogP contribution in [-0.2, 0) is 9.59 Å². The summed E-state index contributed by atoms with van der Waals surface area (Å²) < 4.78 is 0. The van der Waals surface area contributed by atoms with Gasteiger partial charge in [0.2, 0.25) is 5.91 Å². The zero-order valence-corrected chi connectivity index (χ0v) is 10.0. The third kappa shape index (κ3) is 5.17. The van der Waals surface area contributed by atoms with Crippen molar-refractivity contribution in [2.24, 2.45) is 5.92 Å². The number of carboxylic acid groups (broad SMARTS) is 1. The van der Waals surface area contributed by atoms with Crippen LogP contribution in [0.1, 0.15) is 44.9 Å². The molecule has 0 spiro atoms. The van der Waals surface area contributed by atoms with E-state index >= 15 is 0 Å². The molecule has 17 heavy (non-hydrogen) atoms. The molecule has 1 fully saturated rings. The number of carbonyl (C=O) groups is 2. The van der Waals surface area contributed by atoms with Crippen molar-refractivity contribution in [3.05, 3.63) is 0 Å². The third-order valence-electron chi connectivity index (χ3n) is 3.31. The first-order valence-electron chi connectivity index (χ1n) is 6.26. The first-order chi connectivity index (χ1) is 8.13. The van der Waals surface area contributed by atoms with Gasteiger partial charge >= 0.3 is 5.97 Å². The zero-order valence-electron chi connectivity index (χ0n) is 10.0. The minimum Gasteiger partial charge on any atom is -0.480 e. The molecular weight excluding hydrogens is 222 g/mol. The molecule has 1 amide bonds. The molecule has 1 aliphatic carbocycles. The summed E-state index contributed by atoms with van der Waals surface area (Å²) >= 11 is 0. The van der Waals surface area contributed by atoms with Crippen molar-refractivity contribution in [2.75, 3.05) is 6.61 Å². The van der Waals surface area contributed by atoms with Gasteiger partial charge in [-0.25, -0.2) is 4.79 Å². The molecule has 0 radical (unpaired) electrons. The van der Waals surface area contributed by atoms with Gasteiger partial charge in [-0.05, 0) is 12.3 Å². The summed E-state index contributed by atoms with van der Waals surface area (Å²) in [6, 6.07) is -0.962. The summed E-state index contributed by atoms with van der Waals surface area (Å²) in [6.45, 7) is -0.236. The maximum Gasteiger partial charge on any atom is 0.326 e. The fourth-order valence-electron chi connectivity index (χ4n) is 2.29. The summed E-state index contributed by atoms with van der Waals surface area (Å²) in [6.07, 6.45) is 6.16. The second-order valence-corrected chi connectivity index (χ2v) is 4.66. The SMILES string of the molecule is O=C(CCC1CCCC1)N[C@@H](CCO)C(=O)O. The summed E-state index contributed by atoms with van der Waals surface area (Å²) in [7, 11) is 0. The first kappa shape index (κ1) is 14.0. The Balaban J connectivity index is 2.23. The topological polar surface area (TPSA) is 86.6 Å². The monoisotopic (exact) mass is 243 g/mol. The van der Waals surface area contributed by atoms with Crippen LogP contribution < -0.4 is 5.32 Å². The molecular formula is C12H21NO4. The number of aliphatic carboxylic acids is 1. The molecule has 0 aromatic rings. The minimum atomic E-state index is -1.09.